The number of rotatable bonds is 3. The van der Waals surface area contributed by atoms with E-state index in [0.29, 0.717) is 17.4 Å². The third kappa shape index (κ3) is 5.27. The summed E-state index contributed by atoms with van der Waals surface area (Å²) < 4.78 is 45.0. The van der Waals surface area contributed by atoms with Gasteiger partial charge in [0.05, 0.1) is 11.9 Å². The van der Waals surface area contributed by atoms with Crippen LogP contribution in [-0.4, -0.2) is 13.1 Å². The Morgan fingerprint density at radius 1 is 1.10 bits per heavy atom. The second-order valence-electron chi connectivity index (χ2n) is 6.12. The molecule has 1 aliphatic carbocycles. The van der Waals surface area contributed by atoms with Gasteiger partial charge in [0.25, 0.3) is 0 Å². The van der Waals surface area contributed by atoms with Crippen LogP contribution < -0.4 is 61.6 Å². The standard InChI is InChI=1S/C15H21BF3O.K/c1-10-4-7-15(14(8-10)16(17,18)19)20-13-6-5-11(2)12(3)9-13;/h4,7-8,11-13H,5-6,9H2,1-3H3;/q-1;+1. The number of halogens is 3. The third-order valence-corrected chi connectivity index (χ3v) is 4.36. The summed E-state index contributed by atoms with van der Waals surface area (Å²) in [6.45, 7) is 0.967. The molecule has 3 unspecified atom stereocenters. The van der Waals surface area contributed by atoms with Crippen molar-refractivity contribution >= 4 is 12.4 Å². The average Bonchev–Trinajstić information content (AvgIpc) is 2.35. The first-order valence-corrected chi connectivity index (χ1v) is 7.24. The van der Waals surface area contributed by atoms with Gasteiger partial charge < -0.3 is 17.7 Å². The molecule has 1 nitrogen and oxygen atoms in total. The summed E-state index contributed by atoms with van der Waals surface area (Å²) in [4.78, 5) is 0. The molecular formula is C15H21BF3KO. The zero-order chi connectivity index (χ0) is 14.9. The van der Waals surface area contributed by atoms with Crippen LogP contribution in [0.15, 0.2) is 18.2 Å². The Morgan fingerprint density at radius 3 is 2.33 bits per heavy atom. The van der Waals surface area contributed by atoms with Crippen LogP contribution in [0.2, 0.25) is 0 Å². The molecule has 1 aliphatic rings. The minimum absolute atomic E-state index is 0. The molecule has 0 saturated heterocycles. The Kier molecular flexibility index (Phi) is 7.32. The molecule has 0 heterocycles. The molecule has 0 spiro atoms. The smallest absolute Gasteiger partial charge is 0.493 e. The van der Waals surface area contributed by atoms with Crippen LogP contribution in [0.4, 0.5) is 12.9 Å². The predicted octanol–water partition coefficient (Wildman–Crippen LogP) is 1.26. The van der Waals surface area contributed by atoms with Gasteiger partial charge >= 0.3 is 58.4 Å². The Hall–Kier alpha value is 0.511. The van der Waals surface area contributed by atoms with Gasteiger partial charge in [-0.15, -0.1) is 0 Å². The molecule has 0 radical (unpaired) electrons. The fourth-order valence-electron chi connectivity index (χ4n) is 2.82. The molecule has 0 amide bonds. The van der Waals surface area contributed by atoms with Gasteiger partial charge in [0.2, 0.25) is 0 Å². The molecule has 3 atom stereocenters. The summed E-state index contributed by atoms with van der Waals surface area (Å²) in [7, 11) is 0. The summed E-state index contributed by atoms with van der Waals surface area (Å²) >= 11 is 0. The Balaban J connectivity index is 0.00000220. The van der Waals surface area contributed by atoms with E-state index in [-0.39, 0.29) is 63.2 Å². The molecule has 0 aromatic heterocycles. The zero-order valence-electron chi connectivity index (χ0n) is 13.2. The number of hydrogen-bond donors (Lipinski definition) is 0. The van der Waals surface area contributed by atoms with E-state index in [0.717, 1.165) is 19.3 Å². The van der Waals surface area contributed by atoms with E-state index in [1.807, 2.05) is 0 Å². The molecule has 0 aliphatic heterocycles. The van der Waals surface area contributed by atoms with Gasteiger partial charge in [-0.2, -0.15) is 0 Å². The van der Waals surface area contributed by atoms with Gasteiger partial charge in [-0.3, -0.25) is 0 Å². The normalized spacial score (nSPS) is 26.1. The van der Waals surface area contributed by atoms with Crippen molar-refractivity contribution in [2.75, 3.05) is 0 Å². The topological polar surface area (TPSA) is 9.23 Å². The summed E-state index contributed by atoms with van der Waals surface area (Å²) in [5.74, 6) is 1.12. The average molecular weight is 324 g/mol. The second-order valence-corrected chi connectivity index (χ2v) is 6.12. The first-order chi connectivity index (χ1) is 9.27. The van der Waals surface area contributed by atoms with Crippen molar-refractivity contribution in [3.8, 4) is 5.75 Å². The van der Waals surface area contributed by atoms with Gasteiger partial charge in [0.1, 0.15) is 0 Å². The molecule has 1 aromatic carbocycles. The molecular weight excluding hydrogens is 303 g/mol. The van der Waals surface area contributed by atoms with Crippen LogP contribution >= 0.6 is 0 Å². The molecule has 0 N–H and O–H groups in total. The molecule has 1 aromatic rings. The zero-order valence-corrected chi connectivity index (χ0v) is 16.3. The maximum atomic E-state index is 13.1. The fourth-order valence-corrected chi connectivity index (χ4v) is 2.82. The van der Waals surface area contributed by atoms with E-state index in [9.17, 15) is 12.9 Å². The van der Waals surface area contributed by atoms with Crippen LogP contribution in [0.3, 0.4) is 0 Å². The summed E-state index contributed by atoms with van der Waals surface area (Å²) in [5, 5.41) is 0. The summed E-state index contributed by atoms with van der Waals surface area (Å²) in [6, 6.07) is 4.32. The maximum Gasteiger partial charge on any atom is 1.00 e. The number of benzene rings is 1. The van der Waals surface area contributed by atoms with Gasteiger partial charge in [-0.1, -0.05) is 37.0 Å². The van der Waals surface area contributed by atoms with Crippen LogP contribution in [0.25, 0.3) is 0 Å². The third-order valence-electron chi connectivity index (χ3n) is 4.36. The van der Waals surface area contributed by atoms with Crippen LogP contribution in [0.5, 0.6) is 5.75 Å². The second kappa shape index (κ2) is 7.86. The predicted molar refractivity (Wildman–Crippen MR) is 76.5 cm³/mol. The Bertz CT molecular complexity index is 478. The van der Waals surface area contributed by atoms with Crippen molar-refractivity contribution < 1.29 is 69.1 Å². The van der Waals surface area contributed by atoms with Crippen LogP contribution in [-0.2, 0) is 0 Å². The maximum absolute atomic E-state index is 13.1. The Labute approximate surface area is 167 Å². The first-order valence-electron chi connectivity index (χ1n) is 7.24. The quantitative estimate of drug-likeness (QED) is 0.761. The SMILES string of the molecule is Cc1ccc(OC2CCC(C)C(C)C2)c([B-](F)(F)F)c1.[K+]. The van der Waals surface area contributed by atoms with E-state index < -0.39 is 12.4 Å². The van der Waals surface area contributed by atoms with Crippen molar-refractivity contribution in [1.29, 1.82) is 0 Å². The molecule has 1 fully saturated rings. The monoisotopic (exact) mass is 324 g/mol. The molecule has 2 rings (SSSR count). The van der Waals surface area contributed by atoms with Gasteiger partial charge in [-0.05, 0) is 44.1 Å². The van der Waals surface area contributed by atoms with E-state index in [1.54, 1.807) is 13.0 Å². The number of hydrogen-bond acceptors (Lipinski definition) is 1. The van der Waals surface area contributed by atoms with Crippen molar-refractivity contribution in [2.45, 2.75) is 46.1 Å². The van der Waals surface area contributed by atoms with Crippen molar-refractivity contribution in [1.82, 2.24) is 0 Å². The minimum atomic E-state index is -5.03. The van der Waals surface area contributed by atoms with Crippen molar-refractivity contribution in [3.05, 3.63) is 23.8 Å². The van der Waals surface area contributed by atoms with Gasteiger partial charge in [0, 0.05) is 0 Å². The summed E-state index contributed by atoms with van der Waals surface area (Å²) in [5.41, 5.74) is 0.00783. The summed E-state index contributed by atoms with van der Waals surface area (Å²) in [6.07, 6.45) is 2.59. The number of aryl methyl sites for hydroxylation is 1. The Morgan fingerprint density at radius 2 is 1.76 bits per heavy atom. The van der Waals surface area contributed by atoms with E-state index >= 15 is 0 Å². The minimum Gasteiger partial charge on any atom is -0.493 e. The van der Waals surface area contributed by atoms with Crippen molar-refractivity contribution in [3.63, 3.8) is 0 Å². The molecule has 21 heavy (non-hydrogen) atoms. The van der Waals surface area contributed by atoms with E-state index in [1.165, 1.54) is 12.1 Å². The molecule has 0 bridgehead atoms. The van der Waals surface area contributed by atoms with Gasteiger partial charge in [0.15, 0.2) is 0 Å². The van der Waals surface area contributed by atoms with E-state index in [4.69, 9.17) is 4.74 Å². The fraction of sp³-hybridized carbons (Fsp3) is 0.600. The van der Waals surface area contributed by atoms with Crippen LogP contribution in [0, 0.1) is 18.8 Å². The molecule has 112 valence electrons. The van der Waals surface area contributed by atoms with Crippen LogP contribution in [0.1, 0.15) is 38.7 Å². The molecule has 6 heteroatoms. The first kappa shape index (κ1) is 19.6. The molecule has 1 saturated carbocycles. The number of ether oxygens (including phenoxy) is 1. The van der Waals surface area contributed by atoms with Crippen molar-refractivity contribution in [2.24, 2.45) is 11.8 Å². The largest absolute Gasteiger partial charge is 1.00 e. The van der Waals surface area contributed by atoms with Gasteiger partial charge in [-0.25, -0.2) is 0 Å². The van der Waals surface area contributed by atoms with E-state index in [2.05, 4.69) is 13.8 Å².